The smallest absolute Gasteiger partial charge is 0.416 e. The summed E-state index contributed by atoms with van der Waals surface area (Å²) >= 11 is 5.74. The SMILES string of the molecule is O=C(O)c1cc2cc(Cc3ccc(Cl)cc3C(F)(F)F)n(C3CC3)c2cc1F. The monoisotopic (exact) mass is 411 g/mol. The van der Waals surface area contributed by atoms with Crippen molar-refractivity contribution < 1.29 is 27.5 Å². The molecule has 1 N–H and O–H groups in total. The maximum atomic E-state index is 14.2. The average Bonchev–Trinajstić information content (AvgIpc) is 3.37. The minimum absolute atomic E-state index is 0.00742. The standard InChI is InChI=1S/C20H14ClF4NO2/c21-12-2-1-10(16(8-12)20(23,24)25)5-14-6-11-7-15(19(27)28)17(22)9-18(11)26(14)13-3-4-13/h1-2,6-9,13H,3-5H2,(H,27,28). The second kappa shape index (κ2) is 6.51. The van der Waals surface area contributed by atoms with Gasteiger partial charge in [-0.1, -0.05) is 17.7 Å². The molecule has 28 heavy (non-hydrogen) atoms. The topological polar surface area (TPSA) is 42.2 Å². The molecule has 1 aromatic heterocycles. The van der Waals surface area contributed by atoms with Crippen LogP contribution in [-0.4, -0.2) is 15.6 Å². The lowest BCUT2D eigenvalue weighted by atomic mass is 10.0. The van der Waals surface area contributed by atoms with Crippen LogP contribution in [0.3, 0.4) is 0 Å². The van der Waals surface area contributed by atoms with Gasteiger partial charge in [-0.2, -0.15) is 13.2 Å². The van der Waals surface area contributed by atoms with Gasteiger partial charge >= 0.3 is 12.1 Å². The van der Waals surface area contributed by atoms with E-state index < -0.39 is 29.1 Å². The minimum atomic E-state index is -4.56. The van der Waals surface area contributed by atoms with Crippen LogP contribution in [-0.2, 0) is 12.6 Å². The molecule has 0 saturated heterocycles. The number of aromatic nitrogens is 1. The van der Waals surface area contributed by atoms with E-state index >= 15 is 0 Å². The van der Waals surface area contributed by atoms with Crippen LogP contribution in [0.15, 0.2) is 36.4 Å². The molecule has 0 atom stereocenters. The van der Waals surface area contributed by atoms with Gasteiger partial charge in [0.25, 0.3) is 0 Å². The van der Waals surface area contributed by atoms with Gasteiger partial charge in [0.15, 0.2) is 0 Å². The van der Waals surface area contributed by atoms with E-state index in [4.69, 9.17) is 16.7 Å². The Kier molecular flexibility index (Phi) is 4.38. The van der Waals surface area contributed by atoms with Gasteiger partial charge in [0.2, 0.25) is 0 Å². The Hall–Kier alpha value is -2.54. The Morgan fingerprint density at radius 2 is 1.89 bits per heavy atom. The van der Waals surface area contributed by atoms with Crippen molar-refractivity contribution in [3.63, 3.8) is 0 Å². The highest BCUT2D eigenvalue weighted by Crippen LogP contribution is 2.42. The maximum absolute atomic E-state index is 14.2. The third kappa shape index (κ3) is 3.35. The van der Waals surface area contributed by atoms with Crippen LogP contribution in [0.1, 0.15) is 46.1 Å². The Labute approximate surface area is 162 Å². The van der Waals surface area contributed by atoms with Crippen LogP contribution in [0, 0.1) is 5.82 Å². The summed E-state index contributed by atoms with van der Waals surface area (Å²) in [6, 6.07) is 7.71. The largest absolute Gasteiger partial charge is 0.478 e. The Morgan fingerprint density at radius 1 is 1.18 bits per heavy atom. The van der Waals surface area contributed by atoms with E-state index in [0.29, 0.717) is 16.6 Å². The number of alkyl halides is 3. The molecule has 4 rings (SSSR count). The van der Waals surface area contributed by atoms with Gasteiger partial charge < -0.3 is 9.67 Å². The molecule has 3 nitrogen and oxygen atoms in total. The van der Waals surface area contributed by atoms with Gasteiger partial charge in [0.05, 0.1) is 16.6 Å². The summed E-state index contributed by atoms with van der Waals surface area (Å²) in [5.74, 6) is -2.26. The average molecular weight is 412 g/mol. The zero-order valence-corrected chi connectivity index (χ0v) is 15.1. The van der Waals surface area contributed by atoms with Crippen molar-refractivity contribution in [2.24, 2.45) is 0 Å². The van der Waals surface area contributed by atoms with Crippen molar-refractivity contribution in [1.29, 1.82) is 0 Å². The number of carbonyl (C=O) groups is 1. The highest BCUT2D eigenvalue weighted by Gasteiger charge is 2.34. The number of halogens is 5. The molecular weight excluding hydrogens is 398 g/mol. The number of hydrogen-bond acceptors (Lipinski definition) is 1. The van der Waals surface area contributed by atoms with Crippen LogP contribution in [0.5, 0.6) is 0 Å². The van der Waals surface area contributed by atoms with Crippen LogP contribution >= 0.6 is 11.6 Å². The molecule has 0 unspecified atom stereocenters. The number of benzene rings is 2. The first kappa shape index (κ1) is 18.8. The van der Waals surface area contributed by atoms with E-state index in [9.17, 15) is 22.4 Å². The maximum Gasteiger partial charge on any atom is 0.416 e. The molecule has 1 aliphatic rings. The van der Waals surface area contributed by atoms with Crippen molar-refractivity contribution in [1.82, 2.24) is 4.57 Å². The number of carboxylic acid groups (broad SMARTS) is 1. The van der Waals surface area contributed by atoms with E-state index in [0.717, 1.165) is 25.0 Å². The van der Waals surface area contributed by atoms with Crippen molar-refractivity contribution in [3.8, 4) is 0 Å². The van der Waals surface area contributed by atoms with Gasteiger partial charge in [-0.15, -0.1) is 0 Å². The first-order chi connectivity index (χ1) is 13.1. The summed E-state index contributed by atoms with van der Waals surface area (Å²) in [5, 5.41) is 9.61. The predicted molar refractivity (Wildman–Crippen MR) is 96.4 cm³/mol. The Balaban J connectivity index is 1.86. The fourth-order valence-electron chi connectivity index (χ4n) is 3.53. The third-order valence-corrected chi connectivity index (χ3v) is 5.13. The van der Waals surface area contributed by atoms with Crippen molar-refractivity contribution in [2.75, 3.05) is 0 Å². The summed E-state index contributed by atoms with van der Waals surface area (Å²) in [4.78, 5) is 11.2. The van der Waals surface area contributed by atoms with E-state index in [2.05, 4.69) is 0 Å². The second-order valence-electron chi connectivity index (χ2n) is 6.91. The second-order valence-corrected chi connectivity index (χ2v) is 7.35. The first-order valence-corrected chi connectivity index (χ1v) is 8.95. The summed E-state index contributed by atoms with van der Waals surface area (Å²) in [5.41, 5.74) is -0.158. The zero-order chi connectivity index (χ0) is 20.2. The molecule has 2 aromatic carbocycles. The van der Waals surface area contributed by atoms with Gasteiger partial charge in [-0.25, -0.2) is 9.18 Å². The van der Waals surface area contributed by atoms with Crippen molar-refractivity contribution in [2.45, 2.75) is 31.5 Å². The fourth-order valence-corrected chi connectivity index (χ4v) is 3.71. The molecule has 1 aliphatic carbocycles. The zero-order valence-electron chi connectivity index (χ0n) is 14.4. The molecule has 146 valence electrons. The Bertz CT molecular complexity index is 1100. The molecule has 1 heterocycles. The quantitative estimate of drug-likeness (QED) is 0.529. The van der Waals surface area contributed by atoms with Crippen molar-refractivity contribution in [3.05, 3.63) is 69.6 Å². The molecule has 3 aromatic rings. The predicted octanol–water partition coefficient (Wildman–Crippen LogP) is 6.08. The van der Waals surface area contributed by atoms with Gasteiger partial charge in [-0.3, -0.25) is 0 Å². The molecule has 0 spiro atoms. The van der Waals surface area contributed by atoms with Crippen LogP contribution in [0.25, 0.3) is 10.9 Å². The molecule has 0 amide bonds. The Morgan fingerprint density at radius 3 is 2.50 bits per heavy atom. The van der Waals surface area contributed by atoms with Gasteiger partial charge in [-0.05, 0) is 48.7 Å². The number of aromatic carboxylic acids is 1. The first-order valence-electron chi connectivity index (χ1n) is 8.57. The van der Waals surface area contributed by atoms with Gasteiger partial charge in [0, 0.05) is 28.6 Å². The third-order valence-electron chi connectivity index (χ3n) is 4.90. The number of nitrogens with zero attached hydrogens (tertiary/aromatic N) is 1. The molecule has 0 radical (unpaired) electrons. The molecule has 1 saturated carbocycles. The number of hydrogen-bond donors (Lipinski definition) is 1. The molecular formula is C20H14ClF4NO2. The van der Waals surface area contributed by atoms with E-state index in [1.54, 1.807) is 6.07 Å². The van der Waals surface area contributed by atoms with Crippen LogP contribution in [0.2, 0.25) is 5.02 Å². The van der Waals surface area contributed by atoms with Crippen LogP contribution in [0.4, 0.5) is 17.6 Å². The number of carboxylic acids is 1. The molecule has 1 fully saturated rings. The van der Waals surface area contributed by atoms with E-state index in [1.165, 1.54) is 18.2 Å². The number of fused-ring (bicyclic) bond motifs is 1. The van der Waals surface area contributed by atoms with Crippen LogP contribution < -0.4 is 0 Å². The lowest BCUT2D eigenvalue weighted by molar-refractivity contribution is -0.138. The summed E-state index contributed by atoms with van der Waals surface area (Å²) in [6.07, 6.45) is -2.90. The normalized spacial score (nSPS) is 14.6. The lowest BCUT2D eigenvalue weighted by Gasteiger charge is -2.15. The molecule has 0 aliphatic heterocycles. The van der Waals surface area contributed by atoms with E-state index in [-0.39, 0.29) is 23.0 Å². The fraction of sp³-hybridized carbons (Fsp3) is 0.250. The molecule has 0 bridgehead atoms. The minimum Gasteiger partial charge on any atom is -0.478 e. The molecule has 8 heteroatoms. The highest BCUT2D eigenvalue weighted by molar-refractivity contribution is 6.30. The summed E-state index contributed by atoms with van der Waals surface area (Å²) in [6.45, 7) is 0. The summed E-state index contributed by atoms with van der Waals surface area (Å²) < 4.78 is 56.3. The van der Waals surface area contributed by atoms with Crippen molar-refractivity contribution >= 4 is 28.5 Å². The highest BCUT2D eigenvalue weighted by atomic mass is 35.5. The van der Waals surface area contributed by atoms with Gasteiger partial charge in [0.1, 0.15) is 5.82 Å². The number of rotatable bonds is 4. The lowest BCUT2D eigenvalue weighted by Crippen LogP contribution is -2.11. The van der Waals surface area contributed by atoms with E-state index in [1.807, 2.05) is 4.57 Å². The summed E-state index contributed by atoms with van der Waals surface area (Å²) in [7, 11) is 0.